The van der Waals surface area contributed by atoms with Crippen LogP contribution in [0, 0.1) is 17.1 Å². The van der Waals surface area contributed by atoms with Crippen molar-refractivity contribution in [2.24, 2.45) is 0 Å². The smallest absolute Gasteiger partial charge is 0.127 e. The van der Waals surface area contributed by atoms with Crippen LogP contribution < -0.4 is 0 Å². The second-order valence-electron chi connectivity index (χ2n) is 4.29. The molecule has 0 aliphatic carbocycles. The van der Waals surface area contributed by atoms with Crippen molar-refractivity contribution in [1.29, 1.82) is 5.26 Å². The van der Waals surface area contributed by atoms with Crippen LogP contribution in [-0.4, -0.2) is 18.0 Å². The topological polar surface area (TPSA) is 27.0 Å². The van der Waals surface area contributed by atoms with E-state index in [9.17, 15) is 4.39 Å². The monoisotopic (exact) mass is 234 g/mol. The molecular formula is C14H19FN2. The van der Waals surface area contributed by atoms with E-state index in [1.807, 2.05) is 27.0 Å². The Morgan fingerprint density at radius 3 is 2.59 bits per heavy atom. The minimum absolute atomic E-state index is 0.0190. The maximum atomic E-state index is 13.7. The van der Waals surface area contributed by atoms with Crippen LogP contribution in [0.1, 0.15) is 38.3 Å². The Balaban J connectivity index is 2.86. The molecule has 1 aromatic rings. The Bertz CT molecular complexity index is 397. The Hall–Kier alpha value is -1.40. The van der Waals surface area contributed by atoms with E-state index in [0.29, 0.717) is 12.0 Å². The van der Waals surface area contributed by atoms with Gasteiger partial charge in [0.2, 0.25) is 0 Å². The van der Waals surface area contributed by atoms with Gasteiger partial charge in [-0.25, -0.2) is 4.39 Å². The third-order valence-electron chi connectivity index (χ3n) is 3.34. The zero-order valence-electron chi connectivity index (χ0n) is 10.7. The summed E-state index contributed by atoms with van der Waals surface area (Å²) in [6.45, 7) is 4.02. The van der Waals surface area contributed by atoms with Gasteiger partial charge in [-0.2, -0.15) is 5.26 Å². The molecule has 0 bridgehead atoms. The first kappa shape index (κ1) is 13.7. The largest absolute Gasteiger partial charge is 0.296 e. The van der Waals surface area contributed by atoms with Gasteiger partial charge in [-0.1, -0.05) is 25.1 Å². The second kappa shape index (κ2) is 6.36. The van der Waals surface area contributed by atoms with Gasteiger partial charge in [0, 0.05) is 17.6 Å². The van der Waals surface area contributed by atoms with E-state index >= 15 is 0 Å². The standard InChI is InChI=1S/C14H19FN2/c1-4-12(9-10-16)17(3)11(2)13-7-5-6-8-14(13)15/h5-8,11-12H,4,9H2,1-3H3. The molecule has 2 nitrogen and oxygen atoms in total. The summed E-state index contributed by atoms with van der Waals surface area (Å²) in [6, 6.07) is 9.15. The Morgan fingerprint density at radius 2 is 2.06 bits per heavy atom. The highest BCUT2D eigenvalue weighted by molar-refractivity contribution is 5.20. The SMILES string of the molecule is CCC(CC#N)N(C)C(C)c1ccccc1F. The summed E-state index contributed by atoms with van der Waals surface area (Å²) in [7, 11) is 1.95. The maximum Gasteiger partial charge on any atom is 0.127 e. The number of nitrogens with zero attached hydrogens (tertiary/aromatic N) is 2. The van der Waals surface area contributed by atoms with Crippen molar-refractivity contribution < 1.29 is 4.39 Å². The highest BCUT2D eigenvalue weighted by Crippen LogP contribution is 2.25. The minimum atomic E-state index is -0.182. The van der Waals surface area contributed by atoms with Crippen LogP contribution in [0.2, 0.25) is 0 Å². The van der Waals surface area contributed by atoms with Gasteiger partial charge in [-0.3, -0.25) is 4.90 Å². The van der Waals surface area contributed by atoms with Crippen molar-refractivity contribution in [3.63, 3.8) is 0 Å². The third-order valence-corrected chi connectivity index (χ3v) is 3.34. The van der Waals surface area contributed by atoms with E-state index in [1.165, 1.54) is 6.07 Å². The molecule has 3 heteroatoms. The quantitative estimate of drug-likeness (QED) is 0.779. The van der Waals surface area contributed by atoms with Crippen LogP contribution in [0.25, 0.3) is 0 Å². The number of hydrogen-bond donors (Lipinski definition) is 0. The fourth-order valence-corrected chi connectivity index (χ4v) is 2.03. The molecular weight excluding hydrogens is 215 g/mol. The first-order valence-electron chi connectivity index (χ1n) is 5.95. The molecule has 0 saturated carbocycles. The second-order valence-corrected chi connectivity index (χ2v) is 4.29. The Kier molecular flexibility index (Phi) is 5.11. The molecule has 0 N–H and O–H groups in total. The van der Waals surface area contributed by atoms with Gasteiger partial charge in [-0.05, 0) is 26.5 Å². The van der Waals surface area contributed by atoms with Crippen LogP contribution in [0.3, 0.4) is 0 Å². The third kappa shape index (κ3) is 3.28. The lowest BCUT2D eigenvalue weighted by Gasteiger charge is -2.31. The van der Waals surface area contributed by atoms with Crippen LogP contribution in [0.15, 0.2) is 24.3 Å². The molecule has 0 saturated heterocycles. The number of benzene rings is 1. The van der Waals surface area contributed by atoms with Crippen molar-refractivity contribution in [3.8, 4) is 6.07 Å². The van der Waals surface area contributed by atoms with Gasteiger partial charge < -0.3 is 0 Å². The van der Waals surface area contributed by atoms with E-state index in [4.69, 9.17) is 5.26 Å². The first-order chi connectivity index (χ1) is 8.11. The molecule has 2 atom stereocenters. The van der Waals surface area contributed by atoms with Crippen LogP contribution >= 0.6 is 0 Å². The number of halogens is 1. The van der Waals surface area contributed by atoms with Gasteiger partial charge in [0.25, 0.3) is 0 Å². The molecule has 2 unspecified atom stereocenters. The van der Waals surface area contributed by atoms with E-state index in [2.05, 4.69) is 11.0 Å². The van der Waals surface area contributed by atoms with Crippen molar-refractivity contribution in [3.05, 3.63) is 35.6 Å². The van der Waals surface area contributed by atoms with Crippen molar-refractivity contribution in [2.75, 3.05) is 7.05 Å². The molecule has 0 radical (unpaired) electrons. The lowest BCUT2D eigenvalue weighted by atomic mass is 10.0. The average Bonchev–Trinajstić information content (AvgIpc) is 2.35. The molecule has 0 fully saturated rings. The predicted molar refractivity (Wildman–Crippen MR) is 66.9 cm³/mol. The van der Waals surface area contributed by atoms with Gasteiger partial charge >= 0.3 is 0 Å². The van der Waals surface area contributed by atoms with Crippen LogP contribution in [0.4, 0.5) is 4.39 Å². The van der Waals surface area contributed by atoms with Crippen molar-refractivity contribution in [1.82, 2.24) is 4.90 Å². The van der Waals surface area contributed by atoms with E-state index in [1.54, 1.807) is 12.1 Å². The average molecular weight is 234 g/mol. The number of hydrogen-bond acceptors (Lipinski definition) is 2. The summed E-state index contributed by atoms with van der Waals surface area (Å²) < 4.78 is 13.7. The molecule has 0 spiro atoms. The van der Waals surface area contributed by atoms with E-state index in [-0.39, 0.29) is 17.9 Å². The molecule has 92 valence electrons. The van der Waals surface area contributed by atoms with Crippen LogP contribution in [0.5, 0.6) is 0 Å². The fraction of sp³-hybridized carbons (Fsp3) is 0.500. The van der Waals surface area contributed by atoms with Gasteiger partial charge in [0.15, 0.2) is 0 Å². The zero-order valence-corrected chi connectivity index (χ0v) is 10.7. The summed E-state index contributed by atoms with van der Waals surface area (Å²) in [4.78, 5) is 2.07. The normalized spacial score (nSPS) is 14.4. The summed E-state index contributed by atoms with van der Waals surface area (Å²) in [5, 5.41) is 8.77. The number of nitriles is 1. The summed E-state index contributed by atoms with van der Waals surface area (Å²) in [6.07, 6.45) is 1.37. The zero-order chi connectivity index (χ0) is 12.8. The molecule has 0 heterocycles. The molecule has 1 aromatic carbocycles. The lowest BCUT2D eigenvalue weighted by Crippen LogP contribution is -2.33. The molecule has 0 aliphatic heterocycles. The molecule has 0 aromatic heterocycles. The summed E-state index contributed by atoms with van der Waals surface area (Å²) >= 11 is 0. The first-order valence-corrected chi connectivity index (χ1v) is 5.95. The van der Waals surface area contributed by atoms with Gasteiger partial charge in [0.05, 0.1) is 12.5 Å². The number of rotatable bonds is 5. The molecule has 1 rings (SSSR count). The van der Waals surface area contributed by atoms with Gasteiger partial charge in [0.1, 0.15) is 5.82 Å². The highest BCUT2D eigenvalue weighted by atomic mass is 19.1. The molecule has 17 heavy (non-hydrogen) atoms. The summed E-state index contributed by atoms with van der Waals surface area (Å²) in [5.41, 5.74) is 0.686. The molecule has 0 amide bonds. The Labute approximate surface area is 103 Å². The van der Waals surface area contributed by atoms with Gasteiger partial charge in [-0.15, -0.1) is 0 Å². The fourth-order valence-electron chi connectivity index (χ4n) is 2.03. The van der Waals surface area contributed by atoms with Crippen molar-refractivity contribution >= 4 is 0 Å². The highest BCUT2D eigenvalue weighted by Gasteiger charge is 2.21. The van der Waals surface area contributed by atoms with Crippen LogP contribution in [-0.2, 0) is 0 Å². The lowest BCUT2D eigenvalue weighted by molar-refractivity contribution is 0.179. The maximum absolute atomic E-state index is 13.7. The van der Waals surface area contributed by atoms with E-state index in [0.717, 1.165) is 6.42 Å². The summed E-state index contributed by atoms with van der Waals surface area (Å²) in [5.74, 6) is -0.182. The minimum Gasteiger partial charge on any atom is -0.296 e. The predicted octanol–water partition coefficient (Wildman–Crippen LogP) is 3.51. The van der Waals surface area contributed by atoms with Crippen molar-refractivity contribution in [2.45, 2.75) is 38.8 Å². The van der Waals surface area contributed by atoms with E-state index < -0.39 is 0 Å². The Morgan fingerprint density at radius 1 is 1.41 bits per heavy atom. The molecule has 0 aliphatic rings.